The van der Waals surface area contributed by atoms with Gasteiger partial charge in [0.2, 0.25) is 0 Å². The second-order valence-corrected chi connectivity index (χ2v) is 4.02. The number of hydrogen-bond acceptors (Lipinski definition) is 4. The lowest BCUT2D eigenvalue weighted by Gasteiger charge is -2.27. The molecule has 5 nitrogen and oxygen atoms in total. The number of rotatable bonds is 4. The van der Waals surface area contributed by atoms with E-state index in [2.05, 4.69) is 9.68 Å². The molecule has 15 heavy (non-hydrogen) atoms. The van der Waals surface area contributed by atoms with Gasteiger partial charge in [0.1, 0.15) is 6.26 Å². The molecule has 84 valence electrons. The van der Waals surface area contributed by atoms with Gasteiger partial charge in [0.15, 0.2) is 5.69 Å². The highest BCUT2D eigenvalue weighted by Gasteiger charge is 2.23. The van der Waals surface area contributed by atoms with E-state index in [0.29, 0.717) is 6.54 Å². The summed E-state index contributed by atoms with van der Waals surface area (Å²) < 4.78 is 4.60. The highest BCUT2D eigenvalue weighted by Crippen LogP contribution is 2.08. The van der Waals surface area contributed by atoms with Crippen molar-refractivity contribution in [3.8, 4) is 0 Å². The van der Waals surface area contributed by atoms with Gasteiger partial charge in [0.25, 0.3) is 5.91 Å². The van der Waals surface area contributed by atoms with Gasteiger partial charge in [-0.25, -0.2) is 0 Å². The first-order chi connectivity index (χ1) is 6.94. The van der Waals surface area contributed by atoms with Crippen LogP contribution < -0.4 is 0 Å². The Balaban J connectivity index is 2.72. The van der Waals surface area contributed by atoms with Gasteiger partial charge in [0.05, 0.1) is 5.60 Å². The molecule has 1 amide bonds. The van der Waals surface area contributed by atoms with Crippen LogP contribution in [0.25, 0.3) is 0 Å². The van der Waals surface area contributed by atoms with Crippen molar-refractivity contribution in [3.05, 3.63) is 18.0 Å². The number of amides is 1. The monoisotopic (exact) mass is 212 g/mol. The molecule has 1 aromatic heterocycles. The summed E-state index contributed by atoms with van der Waals surface area (Å²) in [5.74, 6) is -0.228. The Hall–Kier alpha value is -1.36. The van der Waals surface area contributed by atoms with E-state index in [0.717, 1.165) is 0 Å². The number of aromatic nitrogens is 1. The molecule has 0 saturated heterocycles. The van der Waals surface area contributed by atoms with E-state index in [4.69, 9.17) is 0 Å². The number of carbonyl (C=O) groups is 1. The molecule has 0 aliphatic heterocycles. The Labute approximate surface area is 88.7 Å². The van der Waals surface area contributed by atoms with Crippen LogP contribution >= 0.6 is 0 Å². The van der Waals surface area contributed by atoms with E-state index < -0.39 is 5.60 Å². The molecule has 1 heterocycles. The van der Waals surface area contributed by atoms with E-state index >= 15 is 0 Å². The number of aliphatic hydroxyl groups is 1. The summed E-state index contributed by atoms with van der Waals surface area (Å²) in [6.45, 7) is 5.96. The van der Waals surface area contributed by atoms with Crippen LogP contribution in [0.4, 0.5) is 0 Å². The molecule has 1 N–H and O–H groups in total. The highest BCUT2D eigenvalue weighted by atomic mass is 16.5. The van der Waals surface area contributed by atoms with Crippen LogP contribution in [0.3, 0.4) is 0 Å². The molecule has 0 saturated carbocycles. The number of nitrogens with zero attached hydrogens (tertiary/aromatic N) is 2. The Kier molecular flexibility index (Phi) is 3.47. The zero-order chi connectivity index (χ0) is 11.5. The topological polar surface area (TPSA) is 66.6 Å². The van der Waals surface area contributed by atoms with Crippen molar-refractivity contribution >= 4 is 5.91 Å². The Morgan fingerprint density at radius 2 is 2.33 bits per heavy atom. The molecule has 0 fully saturated rings. The summed E-state index contributed by atoms with van der Waals surface area (Å²) in [5.41, 5.74) is -0.642. The predicted molar refractivity (Wildman–Crippen MR) is 54.4 cm³/mol. The molecule has 1 rings (SSSR count). The lowest BCUT2D eigenvalue weighted by atomic mass is 10.1. The van der Waals surface area contributed by atoms with Crippen molar-refractivity contribution < 1.29 is 14.4 Å². The van der Waals surface area contributed by atoms with Crippen molar-refractivity contribution in [2.75, 3.05) is 13.1 Å². The predicted octanol–water partition coefficient (Wildman–Crippen LogP) is 0.908. The van der Waals surface area contributed by atoms with Crippen molar-refractivity contribution in [2.24, 2.45) is 0 Å². The van der Waals surface area contributed by atoms with E-state index in [9.17, 15) is 9.90 Å². The van der Waals surface area contributed by atoms with Gasteiger partial charge in [-0.2, -0.15) is 0 Å². The summed E-state index contributed by atoms with van der Waals surface area (Å²) in [4.78, 5) is 13.3. The SMILES string of the molecule is CCN(CC(C)(C)O)C(=O)c1ccon1. The minimum Gasteiger partial charge on any atom is -0.389 e. The fourth-order valence-electron chi connectivity index (χ4n) is 1.28. The van der Waals surface area contributed by atoms with Gasteiger partial charge in [0, 0.05) is 19.2 Å². The minimum absolute atomic E-state index is 0.228. The maximum absolute atomic E-state index is 11.8. The molecule has 5 heteroatoms. The van der Waals surface area contributed by atoms with Crippen molar-refractivity contribution in [3.63, 3.8) is 0 Å². The summed E-state index contributed by atoms with van der Waals surface area (Å²) in [7, 11) is 0. The van der Waals surface area contributed by atoms with Gasteiger partial charge in [-0.3, -0.25) is 4.79 Å². The normalized spacial score (nSPS) is 11.5. The van der Waals surface area contributed by atoms with Gasteiger partial charge >= 0.3 is 0 Å². The number of carbonyl (C=O) groups excluding carboxylic acids is 1. The first kappa shape index (κ1) is 11.7. The summed E-state index contributed by atoms with van der Waals surface area (Å²) in [6.07, 6.45) is 1.35. The van der Waals surface area contributed by atoms with Gasteiger partial charge < -0.3 is 14.5 Å². The van der Waals surface area contributed by atoms with E-state index in [1.165, 1.54) is 17.2 Å². The zero-order valence-electron chi connectivity index (χ0n) is 9.23. The van der Waals surface area contributed by atoms with Crippen molar-refractivity contribution in [1.29, 1.82) is 0 Å². The van der Waals surface area contributed by atoms with Crippen molar-refractivity contribution in [2.45, 2.75) is 26.4 Å². The molecule has 0 aliphatic carbocycles. The zero-order valence-corrected chi connectivity index (χ0v) is 9.23. The quantitative estimate of drug-likeness (QED) is 0.805. The first-order valence-electron chi connectivity index (χ1n) is 4.86. The maximum atomic E-state index is 11.8. The third-order valence-corrected chi connectivity index (χ3v) is 1.90. The smallest absolute Gasteiger partial charge is 0.276 e. The average molecular weight is 212 g/mol. The number of likely N-dealkylation sites (N-methyl/N-ethyl adjacent to an activating group) is 1. The first-order valence-corrected chi connectivity index (χ1v) is 4.86. The van der Waals surface area contributed by atoms with Crippen LogP contribution in [0.2, 0.25) is 0 Å². The fraction of sp³-hybridized carbons (Fsp3) is 0.600. The van der Waals surface area contributed by atoms with Crippen LogP contribution in [0.1, 0.15) is 31.3 Å². The molecular weight excluding hydrogens is 196 g/mol. The van der Waals surface area contributed by atoms with Crippen LogP contribution in [0, 0.1) is 0 Å². The Morgan fingerprint density at radius 3 is 2.73 bits per heavy atom. The van der Waals surface area contributed by atoms with Gasteiger partial charge in [-0.05, 0) is 20.8 Å². The summed E-state index contributed by atoms with van der Waals surface area (Å²) >= 11 is 0. The molecule has 0 bridgehead atoms. The molecule has 1 aromatic rings. The van der Waals surface area contributed by atoms with Crippen LogP contribution in [-0.4, -0.2) is 39.8 Å². The highest BCUT2D eigenvalue weighted by molar-refractivity contribution is 5.92. The Morgan fingerprint density at radius 1 is 1.67 bits per heavy atom. The van der Waals surface area contributed by atoms with Crippen molar-refractivity contribution in [1.82, 2.24) is 10.1 Å². The van der Waals surface area contributed by atoms with Crippen LogP contribution in [-0.2, 0) is 0 Å². The maximum Gasteiger partial charge on any atom is 0.276 e. The molecule has 0 unspecified atom stereocenters. The molecule has 0 radical (unpaired) electrons. The number of hydrogen-bond donors (Lipinski definition) is 1. The lowest BCUT2D eigenvalue weighted by molar-refractivity contribution is 0.0309. The van der Waals surface area contributed by atoms with Gasteiger partial charge in [-0.1, -0.05) is 5.16 Å². The molecule has 0 spiro atoms. The molecule has 0 atom stereocenters. The molecule has 0 aliphatic rings. The lowest BCUT2D eigenvalue weighted by Crippen LogP contribution is -2.42. The van der Waals surface area contributed by atoms with Gasteiger partial charge in [-0.15, -0.1) is 0 Å². The van der Waals surface area contributed by atoms with E-state index in [1.54, 1.807) is 13.8 Å². The fourth-order valence-corrected chi connectivity index (χ4v) is 1.28. The van der Waals surface area contributed by atoms with E-state index in [-0.39, 0.29) is 18.1 Å². The second kappa shape index (κ2) is 4.44. The Bertz CT molecular complexity index is 314. The third kappa shape index (κ3) is 3.36. The second-order valence-electron chi connectivity index (χ2n) is 4.02. The standard InChI is InChI=1S/C10H16N2O3/c1-4-12(7-10(2,3)14)9(13)8-5-6-15-11-8/h5-6,14H,4,7H2,1-3H3. The summed E-state index contributed by atoms with van der Waals surface area (Å²) in [6, 6.07) is 1.51. The third-order valence-electron chi connectivity index (χ3n) is 1.90. The van der Waals surface area contributed by atoms with Crippen LogP contribution in [0.5, 0.6) is 0 Å². The van der Waals surface area contributed by atoms with E-state index in [1.807, 2.05) is 6.92 Å². The molecular formula is C10H16N2O3. The average Bonchev–Trinajstić information content (AvgIpc) is 2.64. The largest absolute Gasteiger partial charge is 0.389 e. The summed E-state index contributed by atoms with van der Waals surface area (Å²) in [5, 5.41) is 13.2. The molecule has 0 aromatic carbocycles. The minimum atomic E-state index is -0.907. The van der Waals surface area contributed by atoms with Crippen LogP contribution in [0.15, 0.2) is 16.9 Å².